The lowest BCUT2D eigenvalue weighted by atomic mass is 10.1. The zero-order valence-corrected chi connectivity index (χ0v) is 21.4. The molecule has 1 aliphatic rings. The second-order valence-electron chi connectivity index (χ2n) is 9.42. The summed E-state index contributed by atoms with van der Waals surface area (Å²) in [4.78, 5) is 29.2. The van der Waals surface area contributed by atoms with Crippen molar-refractivity contribution >= 4 is 45.6 Å². The highest BCUT2D eigenvalue weighted by molar-refractivity contribution is 7.10. The number of carbonyl (C=O) groups is 2. The fourth-order valence-corrected chi connectivity index (χ4v) is 5.41. The molecule has 0 radical (unpaired) electrons. The van der Waals surface area contributed by atoms with E-state index in [0.717, 1.165) is 29.2 Å². The number of hydrogen-bond donors (Lipinski definition) is 4. The van der Waals surface area contributed by atoms with Crippen LogP contribution in [-0.2, 0) is 0 Å². The Hall–Kier alpha value is -3.69. The molecule has 3 atom stereocenters. The van der Waals surface area contributed by atoms with Crippen LogP contribution in [0.4, 0.5) is 11.5 Å². The predicted octanol–water partition coefficient (Wildman–Crippen LogP) is 4.55. The highest BCUT2D eigenvalue weighted by Gasteiger charge is 2.21. The van der Waals surface area contributed by atoms with E-state index in [0.29, 0.717) is 34.4 Å². The molecule has 2 amide bonds. The number of hydrogen-bond acceptors (Lipinski definition) is 6. The Morgan fingerprint density at radius 3 is 2.44 bits per heavy atom. The molecule has 0 saturated carbocycles. The number of aromatic nitrogens is 2. The van der Waals surface area contributed by atoms with E-state index in [1.807, 2.05) is 48.7 Å². The molecule has 3 heterocycles. The summed E-state index contributed by atoms with van der Waals surface area (Å²) in [5.74, 6) is -0.0358. The minimum absolute atomic E-state index is 0.0904. The Morgan fingerprint density at radius 1 is 1.03 bits per heavy atom. The highest BCUT2D eigenvalue weighted by Crippen LogP contribution is 2.25. The summed E-state index contributed by atoms with van der Waals surface area (Å²) in [6, 6.07) is 17.6. The number of thiophene rings is 1. The van der Waals surface area contributed by atoms with Crippen LogP contribution in [0.3, 0.4) is 0 Å². The van der Waals surface area contributed by atoms with Gasteiger partial charge in [0.05, 0.1) is 11.6 Å². The van der Waals surface area contributed by atoms with Crippen LogP contribution in [0.2, 0.25) is 0 Å². The highest BCUT2D eigenvalue weighted by atomic mass is 32.1. The zero-order chi connectivity index (χ0) is 25.2. The summed E-state index contributed by atoms with van der Waals surface area (Å²) >= 11 is 1.61. The molecule has 1 fully saturated rings. The quantitative estimate of drug-likeness (QED) is 0.310. The number of carbonyl (C=O) groups excluding carboxylic acids is 2. The van der Waals surface area contributed by atoms with E-state index in [-0.39, 0.29) is 17.9 Å². The molecule has 36 heavy (non-hydrogen) atoms. The number of rotatable bonds is 6. The maximum atomic E-state index is 13.0. The van der Waals surface area contributed by atoms with Gasteiger partial charge in [-0.3, -0.25) is 14.7 Å². The van der Waals surface area contributed by atoms with Crippen molar-refractivity contribution < 1.29 is 9.59 Å². The molecule has 2 aromatic heterocycles. The molecule has 0 spiro atoms. The first kappa shape index (κ1) is 24.0. The molecular formula is C27H30N6O2S. The summed E-state index contributed by atoms with van der Waals surface area (Å²) in [7, 11) is 0. The van der Waals surface area contributed by atoms with E-state index in [4.69, 9.17) is 0 Å². The van der Waals surface area contributed by atoms with Crippen molar-refractivity contribution in [3.63, 3.8) is 0 Å². The summed E-state index contributed by atoms with van der Waals surface area (Å²) in [6.07, 6.45) is 0. The fraction of sp³-hybridized carbons (Fsp3) is 0.296. The molecule has 5 rings (SSSR count). The van der Waals surface area contributed by atoms with E-state index < -0.39 is 0 Å². The Balaban J connectivity index is 1.29. The van der Waals surface area contributed by atoms with Gasteiger partial charge in [-0.2, -0.15) is 5.10 Å². The second-order valence-corrected chi connectivity index (χ2v) is 10.4. The van der Waals surface area contributed by atoms with Crippen molar-refractivity contribution in [1.82, 2.24) is 20.8 Å². The molecule has 4 aromatic rings. The van der Waals surface area contributed by atoms with Gasteiger partial charge in [-0.05, 0) is 74.7 Å². The Morgan fingerprint density at radius 2 is 1.75 bits per heavy atom. The van der Waals surface area contributed by atoms with Crippen LogP contribution in [0, 0.1) is 0 Å². The van der Waals surface area contributed by atoms with Crippen molar-refractivity contribution in [3.05, 3.63) is 76.0 Å². The zero-order valence-electron chi connectivity index (χ0n) is 20.5. The van der Waals surface area contributed by atoms with E-state index >= 15 is 0 Å². The molecule has 8 nitrogen and oxygen atoms in total. The molecule has 0 bridgehead atoms. The van der Waals surface area contributed by atoms with Gasteiger partial charge in [0.1, 0.15) is 0 Å². The first-order valence-corrected chi connectivity index (χ1v) is 13.0. The fourth-order valence-electron chi connectivity index (χ4n) is 4.68. The minimum atomic E-state index is -0.252. The van der Waals surface area contributed by atoms with Gasteiger partial charge in [0, 0.05) is 52.3 Å². The van der Waals surface area contributed by atoms with Gasteiger partial charge in [0.2, 0.25) is 0 Å². The lowest BCUT2D eigenvalue weighted by Gasteiger charge is -2.37. The first-order chi connectivity index (χ1) is 17.4. The molecule has 2 aromatic carbocycles. The predicted molar refractivity (Wildman–Crippen MR) is 145 cm³/mol. The third kappa shape index (κ3) is 5.12. The number of fused-ring (bicyclic) bond motifs is 1. The van der Waals surface area contributed by atoms with Crippen LogP contribution >= 0.6 is 11.3 Å². The first-order valence-electron chi connectivity index (χ1n) is 12.1. The van der Waals surface area contributed by atoms with Crippen molar-refractivity contribution in [2.75, 3.05) is 23.3 Å². The van der Waals surface area contributed by atoms with Gasteiger partial charge in [0.25, 0.3) is 11.8 Å². The second kappa shape index (κ2) is 10.1. The van der Waals surface area contributed by atoms with Gasteiger partial charge < -0.3 is 20.9 Å². The Kier molecular flexibility index (Phi) is 6.75. The summed E-state index contributed by atoms with van der Waals surface area (Å²) in [5.41, 5.74) is 2.89. The number of anilines is 2. The molecule has 186 valence electrons. The maximum Gasteiger partial charge on any atom is 0.256 e. The largest absolute Gasteiger partial charge is 0.368 e. The molecule has 4 N–H and O–H groups in total. The van der Waals surface area contributed by atoms with Crippen LogP contribution in [0.15, 0.2) is 60.0 Å². The molecule has 9 heteroatoms. The van der Waals surface area contributed by atoms with Crippen molar-refractivity contribution in [3.8, 4) is 0 Å². The van der Waals surface area contributed by atoms with E-state index in [2.05, 4.69) is 44.9 Å². The number of amides is 2. The number of aromatic amines is 1. The van der Waals surface area contributed by atoms with E-state index in [1.165, 1.54) is 0 Å². The van der Waals surface area contributed by atoms with Gasteiger partial charge in [-0.1, -0.05) is 6.07 Å². The van der Waals surface area contributed by atoms with E-state index in [9.17, 15) is 9.59 Å². The summed E-state index contributed by atoms with van der Waals surface area (Å²) < 4.78 is 0. The average Bonchev–Trinajstić information content (AvgIpc) is 3.54. The van der Waals surface area contributed by atoms with Crippen LogP contribution in [-0.4, -0.2) is 47.2 Å². The van der Waals surface area contributed by atoms with Crippen molar-refractivity contribution in [1.29, 1.82) is 0 Å². The SMILES string of the molecule is CC(NC(=O)c1ccc2[nH]nc(NC(=O)c3ccc(N4C[C@@H](C)N[C@@H](C)C4)cc3)c2c1)c1cccs1. The van der Waals surface area contributed by atoms with Crippen LogP contribution < -0.4 is 20.9 Å². The number of H-pyrrole nitrogens is 1. The molecule has 1 saturated heterocycles. The Bertz CT molecular complexity index is 1350. The number of nitrogens with zero attached hydrogens (tertiary/aromatic N) is 2. The average molecular weight is 503 g/mol. The minimum Gasteiger partial charge on any atom is -0.368 e. The smallest absolute Gasteiger partial charge is 0.256 e. The molecule has 1 unspecified atom stereocenters. The standard InChI is InChI=1S/C27H30N6O2S/c1-16-14-33(15-17(2)28-16)21-9-6-19(7-10-21)26(34)30-25-22-13-20(8-11-23(22)31-32-25)27(35)29-18(3)24-5-4-12-36-24/h4-13,16-18,28H,14-15H2,1-3H3,(H,29,35)(H2,30,31,32,34)/t16-,17+,18?. The van der Waals surface area contributed by atoms with Crippen LogP contribution in [0.5, 0.6) is 0 Å². The third-order valence-corrected chi connectivity index (χ3v) is 7.48. The number of benzene rings is 2. The van der Waals surface area contributed by atoms with E-state index in [1.54, 1.807) is 29.5 Å². The van der Waals surface area contributed by atoms with Crippen molar-refractivity contribution in [2.45, 2.75) is 38.9 Å². The van der Waals surface area contributed by atoms with Gasteiger partial charge >= 0.3 is 0 Å². The van der Waals surface area contributed by atoms with Gasteiger partial charge in [0.15, 0.2) is 5.82 Å². The van der Waals surface area contributed by atoms with Gasteiger partial charge in [-0.25, -0.2) is 0 Å². The molecule has 1 aliphatic heterocycles. The molecule has 0 aliphatic carbocycles. The monoisotopic (exact) mass is 502 g/mol. The lowest BCUT2D eigenvalue weighted by Crippen LogP contribution is -2.54. The number of piperazine rings is 1. The van der Waals surface area contributed by atoms with Crippen molar-refractivity contribution in [2.24, 2.45) is 0 Å². The van der Waals surface area contributed by atoms with Gasteiger partial charge in [-0.15, -0.1) is 11.3 Å². The number of nitrogens with one attached hydrogen (secondary N) is 4. The van der Waals surface area contributed by atoms with Crippen LogP contribution in [0.1, 0.15) is 52.4 Å². The molecular weight excluding hydrogens is 472 g/mol. The lowest BCUT2D eigenvalue weighted by molar-refractivity contribution is 0.0940. The maximum absolute atomic E-state index is 13.0. The normalized spacial score (nSPS) is 18.7. The van der Waals surface area contributed by atoms with Crippen LogP contribution in [0.25, 0.3) is 10.9 Å². The summed E-state index contributed by atoms with van der Waals surface area (Å²) in [6.45, 7) is 8.17. The Labute approximate surface area is 214 Å². The topological polar surface area (TPSA) is 102 Å². The third-order valence-electron chi connectivity index (χ3n) is 6.43. The summed E-state index contributed by atoms with van der Waals surface area (Å²) in [5, 5.41) is 19.3.